The molecule has 0 aromatic heterocycles. The molecule has 31 heavy (non-hydrogen) atoms. The minimum atomic E-state index is -0.511. The Labute approximate surface area is 192 Å². The van der Waals surface area contributed by atoms with Crippen molar-refractivity contribution in [3.05, 3.63) is 65.6 Å². The first-order valence-electron chi connectivity index (χ1n) is 13.2. The minimum absolute atomic E-state index is 0.0238. The van der Waals surface area contributed by atoms with Crippen LogP contribution in [-0.4, -0.2) is 40.6 Å². The minimum Gasteiger partial charge on any atom is -0.508 e. The molecule has 1 N–H and O–H groups in total. The summed E-state index contributed by atoms with van der Waals surface area (Å²) in [5.74, 6) is -0.367. The molecule has 1 amide bonds. The number of aromatic hydroxyl groups is 1. The molecular formula is C26H33NO4. The Kier molecular flexibility index (Phi) is 7.64. The van der Waals surface area contributed by atoms with Crippen molar-refractivity contribution in [3.8, 4) is 5.75 Å². The van der Waals surface area contributed by atoms with Crippen molar-refractivity contribution in [2.45, 2.75) is 58.3 Å². The molecule has 2 aromatic rings. The van der Waals surface area contributed by atoms with Crippen molar-refractivity contribution >= 4 is 17.5 Å². The van der Waals surface area contributed by atoms with Gasteiger partial charge in [-0.3, -0.25) is 14.4 Å². The van der Waals surface area contributed by atoms with Gasteiger partial charge in [0.05, 0.1) is 6.85 Å². The maximum atomic E-state index is 12.5. The van der Waals surface area contributed by atoms with Gasteiger partial charge in [0, 0.05) is 44.8 Å². The average Bonchev–Trinajstić information content (AvgIpc) is 2.84. The molecule has 0 bridgehead atoms. The van der Waals surface area contributed by atoms with E-state index in [2.05, 4.69) is 0 Å². The van der Waals surface area contributed by atoms with Gasteiger partial charge in [-0.05, 0) is 30.5 Å². The third kappa shape index (κ3) is 9.60. The quantitative estimate of drug-likeness (QED) is 0.341. The van der Waals surface area contributed by atoms with Crippen molar-refractivity contribution in [2.24, 2.45) is 0 Å². The Balaban J connectivity index is 1.69. The van der Waals surface area contributed by atoms with Gasteiger partial charge in [0.2, 0.25) is 5.91 Å². The number of phenolic OH excluding ortho intramolecular Hbond substituents is 1. The molecule has 2 rings (SSSR count). The van der Waals surface area contributed by atoms with Gasteiger partial charge >= 0.3 is 0 Å². The second kappa shape index (κ2) is 13.4. The van der Waals surface area contributed by atoms with Crippen molar-refractivity contribution in [1.29, 1.82) is 0 Å². The number of rotatable bonds is 14. The summed E-state index contributed by atoms with van der Waals surface area (Å²) < 4.78 is 38.7. The molecule has 0 radical (unpaired) electrons. The van der Waals surface area contributed by atoms with E-state index in [0.717, 1.165) is 31.2 Å². The van der Waals surface area contributed by atoms with Gasteiger partial charge in [0.1, 0.15) is 11.5 Å². The number of ketones is 2. The second-order valence-electron chi connectivity index (χ2n) is 7.58. The lowest BCUT2D eigenvalue weighted by Crippen LogP contribution is -2.32. The standard InChI is InChI=1S/C26H33NO4/c1-21(28)27(19-17-25(30)20-22-13-15-24(29)16-14-22)18-9-4-2-3-8-12-26(31)23-10-6-5-7-11-23/h5-7,10-11,13-16,29H,2-4,8-9,12,17-20H2,1H3/i5D,6D,7D,10D,11D. The highest BCUT2D eigenvalue weighted by atomic mass is 16.3. The molecule has 5 heteroatoms. The lowest BCUT2D eigenvalue weighted by Gasteiger charge is -2.20. The molecule has 2 aromatic carbocycles. The number of hydrogen-bond donors (Lipinski definition) is 1. The fraction of sp³-hybridized carbons (Fsp3) is 0.423. The van der Waals surface area contributed by atoms with E-state index in [4.69, 9.17) is 6.85 Å². The van der Waals surface area contributed by atoms with E-state index in [1.807, 2.05) is 0 Å². The van der Waals surface area contributed by atoms with Gasteiger partial charge in [-0.15, -0.1) is 0 Å². The first kappa shape index (κ1) is 17.7. The smallest absolute Gasteiger partial charge is 0.219 e. The molecular weight excluding hydrogens is 390 g/mol. The molecule has 0 aliphatic heterocycles. The second-order valence-corrected chi connectivity index (χ2v) is 7.58. The summed E-state index contributed by atoms with van der Waals surface area (Å²) in [6.45, 7) is 2.39. The maximum absolute atomic E-state index is 12.5. The summed E-state index contributed by atoms with van der Waals surface area (Å²) in [5, 5.41) is 9.32. The number of hydrogen-bond acceptors (Lipinski definition) is 4. The first-order chi connectivity index (χ1) is 17.0. The molecule has 0 aliphatic rings. The van der Waals surface area contributed by atoms with E-state index in [1.165, 1.54) is 19.1 Å². The summed E-state index contributed by atoms with van der Waals surface area (Å²) in [7, 11) is 0. The van der Waals surface area contributed by atoms with Crippen LogP contribution in [0.4, 0.5) is 0 Å². The summed E-state index contributed by atoms with van der Waals surface area (Å²) >= 11 is 0. The van der Waals surface area contributed by atoms with Gasteiger partial charge < -0.3 is 10.0 Å². The van der Waals surface area contributed by atoms with Crippen LogP contribution >= 0.6 is 0 Å². The maximum Gasteiger partial charge on any atom is 0.219 e. The number of nitrogens with zero attached hydrogens (tertiary/aromatic N) is 1. The Bertz CT molecular complexity index is 1060. The monoisotopic (exact) mass is 428 g/mol. The van der Waals surface area contributed by atoms with Crippen LogP contribution < -0.4 is 0 Å². The van der Waals surface area contributed by atoms with E-state index in [1.54, 1.807) is 17.0 Å². The van der Waals surface area contributed by atoms with Crippen molar-refractivity contribution in [3.63, 3.8) is 0 Å². The Hall–Kier alpha value is -2.95. The molecule has 0 unspecified atom stereocenters. The van der Waals surface area contributed by atoms with Gasteiger partial charge in [-0.25, -0.2) is 0 Å². The van der Waals surface area contributed by atoms with Crippen LogP contribution in [0, 0.1) is 0 Å². The molecule has 166 valence electrons. The predicted molar refractivity (Wildman–Crippen MR) is 122 cm³/mol. The zero-order valence-corrected chi connectivity index (χ0v) is 18.0. The predicted octanol–water partition coefficient (Wildman–Crippen LogP) is 4.97. The van der Waals surface area contributed by atoms with Gasteiger partial charge in [-0.2, -0.15) is 0 Å². The van der Waals surface area contributed by atoms with Crippen LogP contribution in [0.5, 0.6) is 5.75 Å². The van der Waals surface area contributed by atoms with E-state index in [0.29, 0.717) is 19.5 Å². The Morgan fingerprint density at radius 2 is 1.52 bits per heavy atom. The highest BCUT2D eigenvalue weighted by Crippen LogP contribution is 2.12. The number of carbonyl (C=O) groups is 3. The van der Waals surface area contributed by atoms with Crippen molar-refractivity contribution in [2.75, 3.05) is 13.1 Å². The molecule has 5 nitrogen and oxygen atoms in total. The van der Waals surface area contributed by atoms with E-state index in [-0.39, 0.29) is 42.3 Å². The van der Waals surface area contributed by atoms with Crippen LogP contribution in [0.3, 0.4) is 0 Å². The van der Waals surface area contributed by atoms with Crippen LogP contribution in [0.25, 0.3) is 0 Å². The zero-order valence-electron chi connectivity index (χ0n) is 23.0. The molecule has 0 saturated carbocycles. The fourth-order valence-corrected chi connectivity index (χ4v) is 3.25. The molecule has 0 spiro atoms. The van der Waals surface area contributed by atoms with Gasteiger partial charge in [-0.1, -0.05) is 61.6 Å². The summed E-state index contributed by atoms with van der Waals surface area (Å²) in [5.41, 5.74) is 0.565. The lowest BCUT2D eigenvalue weighted by molar-refractivity contribution is -0.129. The summed E-state index contributed by atoms with van der Waals surface area (Å²) in [6, 6.07) is 4.04. The number of benzene rings is 2. The largest absolute Gasteiger partial charge is 0.508 e. The number of carbonyl (C=O) groups excluding carboxylic acids is 3. The highest BCUT2D eigenvalue weighted by Gasteiger charge is 2.12. The summed E-state index contributed by atoms with van der Waals surface area (Å²) in [4.78, 5) is 38.3. The number of amides is 1. The van der Waals surface area contributed by atoms with Crippen LogP contribution in [0.2, 0.25) is 0 Å². The summed E-state index contributed by atoms with van der Waals surface area (Å²) in [6.07, 6.45) is 4.36. The van der Waals surface area contributed by atoms with Crippen molar-refractivity contribution in [1.82, 2.24) is 4.90 Å². The molecule has 0 heterocycles. The first-order valence-corrected chi connectivity index (χ1v) is 10.7. The average molecular weight is 429 g/mol. The molecule has 0 saturated heterocycles. The molecule has 0 atom stereocenters. The Morgan fingerprint density at radius 3 is 2.19 bits per heavy atom. The van der Waals surface area contributed by atoms with Crippen molar-refractivity contribution < 1.29 is 26.3 Å². The zero-order chi connectivity index (χ0) is 26.8. The van der Waals surface area contributed by atoms with Gasteiger partial charge in [0.15, 0.2) is 5.78 Å². The molecule has 0 fully saturated rings. The van der Waals surface area contributed by atoms with E-state index in [9.17, 15) is 19.5 Å². The number of phenols is 1. The van der Waals surface area contributed by atoms with Crippen LogP contribution in [0.15, 0.2) is 54.5 Å². The van der Waals surface area contributed by atoms with E-state index < -0.39 is 36.0 Å². The highest BCUT2D eigenvalue weighted by molar-refractivity contribution is 5.95. The fourth-order valence-electron chi connectivity index (χ4n) is 3.25. The SMILES string of the molecule is [2H]c1c([2H])c([2H])c(C(=O)CCCCCCCN(CCC(=O)Cc2ccc(O)cc2)C(C)=O)c([2H])c1[2H]. The Morgan fingerprint density at radius 1 is 0.871 bits per heavy atom. The van der Waals surface area contributed by atoms with Gasteiger partial charge in [0.25, 0.3) is 0 Å². The topological polar surface area (TPSA) is 74.7 Å². The van der Waals surface area contributed by atoms with E-state index >= 15 is 0 Å². The third-order valence-corrected chi connectivity index (χ3v) is 5.05. The number of unbranched alkanes of at least 4 members (excludes halogenated alkanes) is 4. The molecule has 0 aliphatic carbocycles. The number of Topliss-reactive ketones (excluding diaryl/α,β-unsaturated/α-hetero) is 2. The lowest BCUT2D eigenvalue weighted by atomic mass is 10.0. The normalized spacial score (nSPS) is 12.9. The van der Waals surface area contributed by atoms with Crippen LogP contribution in [0.1, 0.15) is 74.6 Å². The third-order valence-electron chi connectivity index (χ3n) is 5.05. The van der Waals surface area contributed by atoms with Crippen LogP contribution in [-0.2, 0) is 16.0 Å².